The molecule has 2 aromatic rings. The molecule has 5 heteroatoms. The predicted octanol–water partition coefficient (Wildman–Crippen LogP) is 2.63. The maximum absolute atomic E-state index is 11.9. The van der Waals surface area contributed by atoms with E-state index in [1.165, 1.54) is 0 Å². The number of aromatic nitrogens is 1. The molecule has 2 rings (SSSR count). The van der Waals surface area contributed by atoms with Gasteiger partial charge in [0.25, 0.3) is 0 Å². The molecule has 0 fully saturated rings. The largest absolute Gasteiger partial charge is 0.478 e. The first-order chi connectivity index (χ1) is 10.2. The third kappa shape index (κ3) is 4.49. The fourth-order valence-corrected chi connectivity index (χ4v) is 1.92. The Morgan fingerprint density at radius 3 is 2.76 bits per heavy atom. The number of carbonyl (C=O) groups excluding carboxylic acids is 1. The van der Waals surface area contributed by atoms with Crippen molar-refractivity contribution in [2.45, 2.75) is 19.8 Å². The summed E-state index contributed by atoms with van der Waals surface area (Å²) in [6, 6.07) is 11.1. The molecule has 1 aromatic carbocycles. The molecule has 1 aromatic heterocycles. The summed E-state index contributed by atoms with van der Waals surface area (Å²) >= 11 is 0. The van der Waals surface area contributed by atoms with Crippen molar-refractivity contribution in [3.8, 4) is 5.88 Å². The van der Waals surface area contributed by atoms with Gasteiger partial charge in [0, 0.05) is 18.2 Å². The number of ether oxygens (including phenoxy) is 1. The summed E-state index contributed by atoms with van der Waals surface area (Å²) in [5.74, 6) is 0.483. The summed E-state index contributed by atoms with van der Waals surface area (Å²) in [5, 5.41) is 2.80. The van der Waals surface area contributed by atoms with E-state index in [1.54, 1.807) is 18.3 Å². The van der Waals surface area contributed by atoms with Crippen LogP contribution < -0.4 is 15.8 Å². The highest BCUT2D eigenvalue weighted by Gasteiger charge is 2.05. The van der Waals surface area contributed by atoms with Gasteiger partial charge in [0.1, 0.15) is 0 Å². The second-order valence-corrected chi connectivity index (χ2v) is 4.57. The van der Waals surface area contributed by atoms with Crippen molar-refractivity contribution in [3.05, 3.63) is 48.2 Å². The predicted molar refractivity (Wildman–Crippen MR) is 83.2 cm³/mol. The summed E-state index contributed by atoms with van der Waals surface area (Å²) in [6.45, 7) is 2.46. The second-order valence-electron chi connectivity index (χ2n) is 4.57. The molecule has 1 amide bonds. The summed E-state index contributed by atoms with van der Waals surface area (Å²) in [6.07, 6.45) is 2.57. The fraction of sp³-hybridized carbons (Fsp3) is 0.250. The minimum absolute atomic E-state index is 0.0655. The molecule has 3 N–H and O–H groups in total. The van der Waals surface area contributed by atoms with Gasteiger partial charge in [0.05, 0.1) is 18.5 Å². The number of benzene rings is 1. The van der Waals surface area contributed by atoms with Crippen LogP contribution in [-0.4, -0.2) is 17.5 Å². The molecule has 0 atom stereocenters. The van der Waals surface area contributed by atoms with Crippen LogP contribution in [0.5, 0.6) is 5.88 Å². The molecule has 0 saturated heterocycles. The van der Waals surface area contributed by atoms with Crippen LogP contribution in [0.3, 0.4) is 0 Å². The number of hydrogen-bond acceptors (Lipinski definition) is 4. The summed E-state index contributed by atoms with van der Waals surface area (Å²) in [7, 11) is 0. The number of rotatable bonds is 6. The zero-order valence-electron chi connectivity index (χ0n) is 12.0. The number of nitrogen functional groups attached to an aromatic ring is 1. The summed E-state index contributed by atoms with van der Waals surface area (Å²) < 4.78 is 5.25. The zero-order valence-corrected chi connectivity index (χ0v) is 12.0. The first-order valence-electron chi connectivity index (χ1n) is 6.91. The van der Waals surface area contributed by atoms with Gasteiger partial charge in [0.15, 0.2) is 0 Å². The second kappa shape index (κ2) is 7.28. The van der Waals surface area contributed by atoms with Gasteiger partial charge >= 0.3 is 0 Å². The van der Waals surface area contributed by atoms with Crippen molar-refractivity contribution in [3.63, 3.8) is 0 Å². The van der Waals surface area contributed by atoms with E-state index in [1.807, 2.05) is 31.2 Å². The number of anilines is 2. The lowest BCUT2D eigenvalue weighted by Gasteiger charge is -2.07. The summed E-state index contributed by atoms with van der Waals surface area (Å²) in [4.78, 5) is 16.0. The molecule has 0 unspecified atom stereocenters. The molecule has 0 spiro atoms. The smallest absolute Gasteiger partial charge is 0.224 e. The maximum atomic E-state index is 11.9. The standard InChI is InChI=1S/C16H19N3O2/c1-2-21-16-10-8-13(11-18-16)19-15(20)9-7-12-5-3-4-6-14(12)17/h3-6,8,10-11H,2,7,9,17H2,1H3,(H,19,20). The molecular weight excluding hydrogens is 266 g/mol. The van der Waals surface area contributed by atoms with Crippen LogP contribution in [0.4, 0.5) is 11.4 Å². The lowest BCUT2D eigenvalue weighted by Crippen LogP contribution is -2.13. The number of nitrogens with zero attached hydrogens (tertiary/aromatic N) is 1. The van der Waals surface area contributed by atoms with E-state index in [9.17, 15) is 4.79 Å². The molecule has 5 nitrogen and oxygen atoms in total. The van der Waals surface area contributed by atoms with E-state index in [0.29, 0.717) is 36.7 Å². The monoisotopic (exact) mass is 285 g/mol. The quantitative estimate of drug-likeness (QED) is 0.800. The Morgan fingerprint density at radius 2 is 2.10 bits per heavy atom. The van der Waals surface area contributed by atoms with Crippen LogP contribution >= 0.6 is 0 Å². The Balaban J connectivity index is 1.85. The van der Waals surface area contributed by atoms with Gasteiger partial charge in [-0.05, 0) is 31.0 Å². The van der Waals surface area contributed by atoms with Gasteiger partial charge in [-0.15, -0.1) is 0 Å². The number of hydrogen-bond donors (Lipinski definition) is 2. The summed E-state index contributed by atoms with van der Waals surface area (Å²) in [5.41, 5.74) is 8.21. The number of nitrogens with one attached hydrogen (secondary N) is 1. The van der Waals surface area contributed by atoms with Crippen LogP contribution in [0.1, 0.15) is 18.9 Å². The number of amides is 1. The van der Waals surface area contributed by atoms with Crippen molar-refractivity contribution in [2.75, 3.05) is 17.7 Å². The highest BCUT2D eigenvalue weighted by molar-refractivity contribution is 5.90. The molecule has 0 radical (unpaired) electrons. The van der Waals surface area contributed by atoms with Crippen molar-refractivity contribution >= 4 is 17.3 Å². The zero-order chi connectivity index (χ0) is 15.1. The SMILES string of the molecule is CCOc1ccc(NC(=O)CCc2ccccc2N)cn1. The van der Waals surface area contributed by atoms with E-state index >= 15 is 0 Å². The number of para-hydroxylation sites is 1. The van der Waals surface area contributed by atoms with Crippen LogP contribution in [0.25, 0.3) is 0 Å². The van der Waals surface area contributed by atoms with E-state index in [0.717, 1.165) is 5.56 Å². The third-order valence-electron chi connectivity index (χ3n) is 2.99. The lowest BCUT2D eigenvalue weighted by atomic mass is 10.1. The normalized spacial score (nSPS) is 10.1. The lowest BCUT2D eigenvalue weighted by molar-refractivity contribution is -0.116. The molecule has 0 aliphatic heterocycles. The molecule has 0 bridgehead atoms. The van der Waals surface area contributed by atoms with Gasteiger partial charge in [0.2, 0.25) is 11.8 Å². The van der Waals surface area contributed by atoms with Crippen LogP contribution in [0.2, 0.25) is 0 Å². The molecule has 110 valence electrons. The first-order valence-corrected chi connectivity index (χ1v) is 6.91. The van der Waals surface area contributed by atoms with Gasteiger partial charge < -0.3 is 15.8 Å². The molecule has 0 saturated carbocycles. The fourth-order valence-electron chi connectivity index (χ4n) is 1.92. The molecule has 0 aliphatic rings. The van der Waals surface area contributed by atoms with E-state index in [4.69, 9.17) is 10.5 Å². The van der Waals surface area contributed by atoms with Crippen molar-refractivity contribution in [2.24, 2.45) is 0 Å². The molecule has 21 heavy (non-hydrogen) atoms. The van der Waals surface area contributed by atoms with Crippen LogP contribution in [0.15, 0.2) is 42.6 Å². The Kier molecular flexibility index (Phi) is 5.15. The van der Waals surface area contributed by atoms with E-state index < -0.39 is 0 Å². The minimum Gasteiger partial charge on any atom is -0.478 e. The number of aryl methyl sites for hydroxylation is 1. The van der Waals surface area contributed by atoms with Crippen LogP contribution in [0, 0.1) is 0 Å². The van der Waals surface area contributed by atoms with Crippen molar-refractivity contribution < 1.29 is 9.53 Å². The van der Waals surface area contributed by atoms with Crippen LogP contribution in [-0.2, 0) is 11.2 Å². The average molecular weight is 285 g/mol. The molecule has 1 heterocycles. The van der Waals surface area contributed by atoms with Gasteiger partial charge in [-0.1, -0.05) is 18.2 Å². The number of carbonyl (C=O) groups is 1. The Morgan fingerprint density at radius 1 is 1.29 bits per heavy atom. The maximum Gasteiger partial charge on any atom is 0.224 e. The average Bonchev–Trinajstić information content (AvgIpc) is 2.49. The number of pyridine rings is 1. The van der Waals surface area contributed by atoms with E-state index in [-0.39, 0.29) is 5.91 Å². The Labute approximate surface area is 124 Å². The van der Waals surface area contributed by atoms with Crippen molar-refractivity contribution in [1.29, 1.82) is 0 Å². The minimum atomic E-state index is -0.0655. The van der Waals surface area contributed by atoms with Gasteiger partial charge in [-0.3, -0.25) is 4.79 Å². The Bertz CT molecular complexity index is 597. The highest BCUT2D eigenvalue weighted by Crippen LogP contribution is 2.14. The molecular formula is C16H19N3O2. The topological polar surface area (TPSA) is 77.2 Å². The van der Waals surface area contributed by atoms with E-state index in [2.05, 4.69) is 10.3 Å². The molecule has 0 aliphatic carbocycles. The highest BCUT2D eigenvalue weighted by atomic mass is 16.5. The first kappa shape index (κ1) is 14.8. The third-order valence-corrected chi connectivity index (χ3v) is 2.99. The van der Waals surface area contributed by atoms with Crippen molar-refractivity contribution in [1.82, 2.24) is 4.98 Å². The van der Waals surface area contributed by atoms with Gasteiger partial charge in [-0.25, -0.2) is 4.98 Å². The van der Waals surface area contributed by atoms with Gasteiger partial charge in [-0.2, -0.15) is 0 Å². The number of nitrogens with two attached hydrogens (primary N) is 1. The Hall–Kier alpha value is -2.56.